The van der Waals surface area contributed by atoms with Crippen LogP contribution in [0.3, 0.4) is 0 Å². The standard InChI is InChI=1S/C19H29BrO/c1-9-10(2)12(4)17(13(5)11(9)3)19(20)18-14(6)15(7)21-16(18)8/h14-16,18-19H,1-8H3. The lowest BCUT2D eigenvalue weighted by Crippen LogP contribution is -2.23. The molecule has 0 radical (unpaired) electrons. The maximum absolute atomic E-state index is 6.06. The van der Waals surface area contributed by atoms with Gasteiger partial charge >= 0.3 is 0 Å². The van der Waals surface area contributed by atoms with Crippen molar-refractivity contribution in [3.63, 3.8) is 0 Å². The van der Waals surface area contributed by atoms with Gasteiger partial charge in [-0.25, -0.2) is 0 Å². The van der Waals surface area contributed by atoms with E-state index in [0.717, 1.165) is 0 Å². The zero-order valence-electron chi connectivity index (χ0n) is 14.7. The summed E-state index contributed by atoms with van der Waals surface area (Å²) in [5.74, 6) is 1.10. The van der Waals surface area contributed by atoms with Crippen LogP contribution in [0, 0.1) is 46.5 Å². The van der Waals surface area contributed by atoms with Gasteiger partial charge < -0.3 is 4.74 Å². The van der Waals surface area contributed by atoms with Gasteiger partial charge in [-0.2, -0.15) is 0 Å². The molecule has 1 nitrogen and oxygen atoms in total. The fraction of sp³-hybridized carbons (Fsp3) is 0.684. The molecule has 1 fully saturated rings. The summed E-state index contributed by atoms with van der Waals surface area (Å²) in [6.07, 6.45) is 0.651. The predicted molar refractivity (Wildman–Crippen MR) is 94.5 cm³/mol. The van der Waals surface area contributed by atoms with Crippen LogP contribution in [0.15, 0.2) is 0 Å². The second kappa shape index (κ2) is 6.04. The van der Waals surface area contributed by atoms with E-state index >= 15 is 0 Å². The SMILES string of the molecule is Cc1c(C)c(C)c(C(Br)C2C(C)OC(C)C2C)c(C)c1C. The van der Waals surface area contributed by atoms with Crippen LogP contribution >= 0.6 is 15.9 Å². The summed E-state index contributed by atoms with van der Waals surface area (Å²) in [7, 11) is 0. The Bertz CT molecular complexity index is 520. The van der Waals surface area contributed by atoms with Crippen LogP contribution in [-0.2, 0) is 4.74 Å². The molecule has 1 aromatic rings. The Morgan fingerprint density at radius 3 is 1.57 bits per heavy atom. The van der Waals surface area contributed by atoms with Gasteiger partial charge in [0.15, 0.2) is 0 Å². The van der Waals surface area contributed by atoms with Gasteiger partial charge in [0.05, 0.1) is 12.2 Å². The minimum Gasteiger partial charge on any atom is -0.375 e. The summed E-state index contributed by atoms with van der Waals surface area (Å²) < 4.78 is 6.06. The fourth-order valence-corrected chi connectivity index (χ4v) is 5.53. The van der Waals surface area contributed by atoms with E-state index in [1.165, 1.54) is 33.4 Å². The topological polar surface area (TPSA) is 9.23 Å². The molecule has 1 aliphatic rings. The molecule has 2 heteroatoms. The first-order valence-electron chi connectivity index (χ1n) is 8.04. The number of halogens is 1. The third kappa shape index (κ3) is 2.70. The van der Waals surface area contributed by atoms with E-state index in [1.807, 2.05) is 0 Å². The highest BCUT2D eigenvalue weighted by Gasteiger charge is 2.42. The number of hydrogen-bond acceptors (Lipinski definition) is 1. The van der Waals surface area contributed by atoms with Gasteiger partial charge in [0.2, 0.25) is 0 Å². The Balaban J connectivity index is 2.52. The maximum Gasteiger partial charge on any atom is 0.0596 e. The first-order chi connectivity index (χ1) is 9.68. The van der Waals surface area contributed by atoms with Crippen molar-refractivity contribution < 1.29 is 4.74 Å². The molecule has 0 amide bonds. The third-order valence-corrected chi connectivity index (χ3v) is 7.06. The van der Waals surface area contributed by atoms with Crippen LogP contribution < -0.4 is 0 Å². The molecular formula is C19H29BrO. The summed E-state index contributed by atoms with van der Waals surface area (Å²) in [4.78, 5) is 0.366. The monoisotopic (exact) mass is 352 g/mol. The van der Waals surface area contributed by atoms with Crippen LogP contribution in [0.25, 0.3) is 0 Å². The molecule has 0 saturated carbocycles. The van der Waals surface area contributed by atoms with E-state index in [1.54, 1.807) is 0 Å². The van der Waals surface area contributed by atoms with E-state index in [9.17, 15) is 0 Å². The lowest BCUT2D eigenvalue weighted by Gasteiger charge is -2.29. The fourth-order valence-electron chi connectivity index (χ4n) is 3.93. The molecule has 1 aromatic carbocycles. The molecule has 5 unspecified atom stereocenters. The van der Waals surface area contributed by atoms with Gasteiger partial charge in [-0.05, 0) is 87.8 Å². The van der Waals surface area contributed by atoms with Gasteiger partial charge in [0.25, 0.3) is 0 Å². The van der Waals surface area contributed by atoms with Crippen LogP contribution in [0.2, 0.25) is 0 Å². The highest BCUT2D eigenvalue weighted by Crippen LogP contribution is 2.47. The summed E-state index contributed by atoms with van der Waals surface area (Å²) >= 11 is 4.04. The van der Waals surface area contributed by atoms with Gasteiger partial charge in [-0.1, -0.05) is 22.9 Å². The largest absolute Gasteiger partial charge is 0.375 e. The third-order valence-electron chi connectivity index (χ3n) is 5.99. The summed E-state index contributed by atoms with van der Waals surface area (Å²) in [6, 6.07) is 0. The smallest absolute Gasteiger partial charge is 0.0596 e. The first kappa shape index (κ1) is 17.0. The number of rotatable bonds is 2. The maximum atomic E-state index is 6.06. The average molecular weight is 353 g/mol. The number of alkyl halides is 1. The molecule has 0 aliphatic carbocycles. The van der Waals surface area contributed by atoms with Crippen molar-refractivity contribution in [3.8, 4) is 0 Å². The second-order valence-corrected chi connectivity index (χ2v) is 7.91. The van der Waals surface area contributed by atoms with E-state index < -0.39 is 0 Å². The zero-order valence-corrected chi connectivity index (χ0v) is 16.3. The zero-order chi connectivity index (χ0) is 16.1. The number of hydrogen-bond donors (Lipinski definition) is 0. The molecule has 118 valence electrons. The predicted octanol–water partition coefficient (Wildman–Crippen LogP) is 5.72. The second-order valence-electron chi connectivity index (χ2n) is 6.92. The van der Waals surface area contributed by atoms with Crippen LogP contribution in [0.1, 0.15) is 59.0 Å². The number of ether oxygens (including phenoxy) is 1. The van der Waals surface area contributed by atoms with Crippen LogP contribution in [-0.4, -0.2) is 12.2 Å². The molecule has 0 aromatic heterocycles. The summed E-state index contributed by atoms with van der Waals surface area (Å²) in [5, 5.41) is 0. The summed E-state index contributed by atoms with van der Waals surface area (Å²) in [6.45, 7) is 18.0. The Morgan fingerprint density at radius 2 is 1.19 bits per heavy atom. The number of benzene rings is 1. The van der Waals surface area contributed by atoms with Gasteiger partial charge in [0, 0.05) is 10.7 Å². The lowest BCUT2D eigenvalue weighted by molar-refractivity contribution is 0.0510. The van der Waals surface area contributed by atoms with Crippen molar-refractivity contribution >= 4 is 15.9 Å². The highest BCUT2D eigenvalue weighted by molar-refractivity contribution is 9.09. The Labute approximate surface area is 138 Å². The van der Waals surface area contributed by atoms with Crippen molar-refractivity contribution in [2.24, 2.45) is 11.8 Å². The van der Waals surface area contributed by atoms with Crippen LogP contribution in [0.4, 0.5) is 0 Å². The quantitative estimate of drug-likeness (QED) is 0.618. The molecule has 1 heterocycles. The van der Waals surface area contributed by atoms with Crippen molar-refractivity contribution in [1.82, 2.24) is 0 Å². The van der Waals surface area contributed by atoms with Gasteiger partial charge in [0.1, 0.15) is 0 Å². The van der Waals surface area contributed by atoms with E-state index in [-0.39, 0.29) is 0 Å². The Hall–Kier alpha value is -0.340. The highest BCUT2D eigenvalue weighted by atomic mass is 79.9. The molecule has 2 rings (SSSR count). The average Bonchev–Trinajstić information content (AvgIpc) is 2.67. The molecule has 0 N–H and O–H groups in total. The molecular weight excluding hydrogens is 324 g/mol. The summed E-state index contributed by atoms with van der Waals surface area (Å²) in [5.41, 5.74) is 8.67. The minimum absolute atomic E-state index is 0.306. The molecule has 21 heavy (non-hydrogen) atoms. The molecule has 0 spiro atoms. The van der Waals surface area contributed by atoms with Gasteiger partial charge in [-0.3, -0.25) is 0 Å². The van der Waals surface area contributed by atoms with Crippen molar-refractivity contribution in [3.05, 3.63) is 33.4 Å². The van der Waals surface area contributed by atoms with Crippen molar-refractivity contribution in [2.45, 2.75) is 72.4 Å². The normalized spacial score (nSPS) is 30.7. The Morgan fingerprint density at radius 1 is 0.762 bits per heavy atom. The molecule has 5 atom stereocenters. The Kier molecular flexibility index (Phi) is 4.90. The molecule has 0 bridgehead atoms. The molecule has 1 saturated heterocycles. The van der Waals surface area contributed by atoms with E-state index in [4.69, 9.17) is 4.74 Å². The van der Waals surface area contributed by atoms with E-state index in [0.29, 0.717) is 28.9 Å². The minimum atomic E-state index is 0.306. The lowest BCUT2D eigenvalue weighted by atomic mass is 9.79. The van der Waals surface area contributed by atoms with Crippen LogP contribution in [0.5, 0.6) is 0 Å². The van der Waals surface area contributed by atoms with Crippen molar-refractivity contribution in [1.29, 1.82) is 0 Å². The van der Waals surface area contributed by atoms with E-state index in [2.05, 4.69) is 71.3 Å². The van der Waals surface area contributed by atoms with Gasteiger partial charge in [-0.15, -0.1) is 0 Å². The first-order valence-corrected chi connectivity index (χ1v) is 8.96. The molecule has 1 aliphatic heterocycles. The van der Waals surface area contributed by atoms with Crippen molar-refractivity contribution in [2.75, 3.05) is 0 Å².